The molecule has 0 heterocycles. The zero-order valence-electron chi connectivity index (χ0n) is 11.8. The van der Waals surface area contributed by atoms with Crippen molar-refractivity contribution in [3.8, 4) is 5.75 Å². The van der Waals surface area contributed by atoms with Gasteiger partial charge in [0, 0.05) is 17.5 Å². The van der Waals surface area contributed by atoms with Crippen LogP contribution in [0.25, 0.3) is 0 Å². The number of hydrogen-bond donors (Lipinski definition) is 1. The summed E-state index contributed by atoms with van der Waals surface area (Å²) in [5, 5.41) is 2.52. The van der Waals surface area contributed by atoms with Crippen molar-refractivity contribution < 1.29 is 14.3 Å². The Morgan fingerprint density at radius 1 is 1.05 bits per heavy atom. The van der Waals surface area contributed by atoms with Crippen molar-refractivity contribution in [2.75, 3.05) is 13.3 Å². The Hall–Kier alpha value is -2.27. The van der Waals surface area contributed by atoms with Crippen LogP contribution >= 0.6 is 11.8 Å². The first-order chi connectivity index (χ1) is 10.1. The van der Waals surface area contributed by atoms with E-state index < -0.39 is 5.97 Å². The second kappa shape index (κ2) is 6.95. The third kappa shape index (κ3) is 3.86. The summed E-state index contributed by atoms with van der Waals surface area (Å²) in [6.07, 6.45) is 1.97. The second-order valence-electron chi connectivity index (χ2n) is 4.22. The number of esters is 1. The van der Waals surface area contributed by atoms with E-state index in [-0.39, 0.29) is 5.91 Å². The largest absolute Gasteiger partial charge is 0.423 e. The Morgan fingerprint density at radius 2 is 1.76 bits per heavy atom. The molecule has 0 atom stereocenters. The highest BCUT2D eigenvalue weighted by atomic mass is 32.2. The minimum Gasteiger partial charge on any atom is -0.423 e. The summed E-state index contributed by atoms with van der Waals surface area (Å²) in [6, 6.07) is 13.7. The molecule has 5 heteroatoms. The lowest BCUT2D eigenvalue weighted by Gasteiger charge is -2.06. The normalized spacial score (nSPS) is 10.0. The average molecular weight is 301 g/mol. The fourth-order valence-electron chi connectivity index (χ4n) is 1.74. The van der Waals surface area contributed by atoms with Gasteiger partial charge < -0.3 is 10.1 Å². The first kappa shape index (κ1) is 15.1. The fourth-order valence-corrected chi connectivity index (χ4v) is 2.15. The number of ether oxygens (including phenoxy) is 1. The van der Waals surface area contributed by atoms with E-state index in [4.69, 9.17) is 4.74 Å². The molecule has 0 spiro atoms. The molecule has 108 valence electrons. The van der Waals surface area contributed by atoms with E-state index in [0.29, 0.717) is 16.9 Å². The van der Waals surface area contributed by atoms with Crippen LogP contribution in [0.4, 0.5) is 0 Å². The van der Waals surface area contributed by atoms with Crippen LogP contribution in [0, 0.1) is 0 Å². The molecule has 0 aliphatic heterocycles. The first-order valence-electron chi connectivity index (χ1n) is 6.32. The number of benzene rings is 2. The lowest BCUT2D eigenvalue weighted by Crippen LogP contribution is -2.18. The molecule has 0 unspecified atom stereocenters. The van der Waals surface area contributed by atoms with Gasteiger partial charge in [0.25, 0.3) is 5.91 Å². The molecule has 1 N–H and O–H groups in total. The molecule has 0 aromatic heterocycles. The van der Waals surface area contributed by atoms with Crippen LogP contribution in [0.2, 0.25) is 0 Å². The lowest BCUT2D eigenvalue weighted by molar-refractivity contribution is 0.0733. The molecule has 4 nitrogen and oxygen atoms in total. The van der Waals surface area contributed by atoms with E-state index in [1.807, 2.05) is 18.4 Å². The predicted molar refractivity (Wildman–Crippen MR) is 83.0 cm³/mol. The summed E-state index contributed by atoms with van der Waals surface area (Å²) in [5.74, 6) is -0.330. The third-order valence-corrected chi connectivity index (χ3v) is 3.60. The number of carbonyl (C=O) groups excluding carboxylic acids is 2. The number of amides is 1. The summed E-state index contributed by atoms with van der Waals surface area (Å²) >= 11 is 1.60. The third-order valence-electron chi connectivity index (χ3n) is 2.86. The molecule has 2 aromatic carbocycles. The van der Waals surface area contributed by atoms with Crippen LogP contribution in [-0.2, 0) is 0 Å². The summed E-state index contributed by atoms with van der Waals surface area (Å²) in [7, 11) is 1.55. The van der Waals surface area contributed by atoms with Crippen LogP contribution in [0.5, 0.6) is 5.75 Å². The molecule has 2 rings (SSSR count). The molecule has 0 radical (unpaired) electrons. The van der Waals surface area contributed by atoms with Crippen molar-refractivity contribution in [2.45, 2.75) is 4.90 Å². The van der Waals surface area contributed by atoms with E-state index in [1.54, 1.807) is 49.1 Å². The van der Waals surface area contributed by atoms with Gasteiger partial charge in [0.15, 0.2) is 0 Å². The highest BCUT2D eigenvalue weighted by Gasteiger charge is 2.10. The molecular formula is C16H15NO3S. The Bertz CT molecular complexity index is 653. The van der Waals surface area contributed by atoms with Crippen LogP contribution < -0.4 is 10.1 Å². The molecule has 21 heavy (non-hydrogen) atoms. The minimum atomic E-state index is -0.447. The van der Waals surface area contributed by atoms with E-state index in [2.05, 4.69) is 5.32 Å². The first-order valence-corrected chi connectivity index (χ1v) is 7.55. The maximum absolute atomic E-state index is 12.0. The Kier molecular flexibility index (Phi) is 5.00. The van der Waals surface area contributed by atoms with Gasteiger partial charge in [-0.05, 0) is 48.7 Å². The Morgan fingerprint density at radius 3 is 2.38 bits per heavy atom. The van der Waals surface area contributed by atoms with Gasteiger partial charge in [-0.25, -0.2) is 4.79 Å². The highest BCUT2D eigenvalue weighted by molar-refractivity contribution is 7.98. The molecule has 0 aliphatic carbocycles. The van der Waals surface area contributed by atoms with Gasteiger partial charge in [0.1, 0.15) is 5.75 Å². The Labute approximate surface area is 127 Å². The van der Waals surface area contributed by atoms with E-state index in [0.717, 1.165) is 4.90 Å². The van der Waals surface area contributed by atoms with Crippen molar-refractivity contribution >= 4 is 23.6 Å². The molecule has 1 amide bonds. The minimum absolute atomic E-state index is 0.225. The number of thioether (sulfide) groups is 1. The molecule has 0 saturated carbocycles. The second-order valence-corrected chi connectivity index (χ2v) is 5.10. The summed E-state index contributed by atoms with van der Waals surface area (Å²) < 4.78 is 5.28. The van der Waals surface area contributed by atoms with E-state index >= 15 is 0 Å². The number of rotatable bonds is 4. The maximum Gasteiger partial charge on any atom is 0.343 e. The smallest absolute Gasteiger partial charge is 0.343 e. The standard InChI is InChI=1S/C16H15NO3S/c1-17-15(18)12-4-3-5-13(10-12)20-16(19)11-6-8-14(21-2)9-7-11/h3-10H,1-2H3,(H,17,18). The predicted octanol–water partition coefficient (Wildman–Crippen LogP) is 2.99. The van der Waals surface area contributed by atoms with Crippen LogP contribution in [0.15, 0.2) is 53.4 Å². The summed E-state index contributed by atoms with van der Waals surface area (Å²) in [4.78, 5) is 24.6. The van der Waals surface area contributed by atoms with Crippen molar-refractivity contribution in [3.63, 3.8) is 0 Å². The number of carbonyl (C=O) groups is 2. The van der Waals surface area contributed by atoms with Crippen LogP contribution in [0.3, 0.4) is 0 Å². The lowest BCUT2D eigenvalue weighted by atomic mass is 10.2. The van der Waals surface area contributed by atoms with Crippen LogP contribution in [-0.4, -0.2) is 25.2 Å². The molecule has 0 bridgehead atoms. The van der Waals surface area contributed by atoms with Crippen molar-refractivity contribution in [2.24, 2.45) is 0 Å². The number of hydrogen-bond acceptors (Lipinski definition) is 4. The molecule has 0 fully saturated rings. The van der Waals surface area contributed by atoms with Gasteiger partial charge in [-0.15, -0.1) is 11.8 Å². The zero-order chi connectivity index (χ0) is 15.2. The molecule has 0 saturated heterocycles. The average Bonchev–Trinajstić information content (AvgIpc) is 2.54. The maximum atomic E-state index is 12.0. The SMILES string of the molecule is CNC(=O)c1cccc(OC(=O)c2ccc(SC)cc2)c1. The Balaban J connectivity index is 2.13. The van der Waals surface area contributed by atoms with Crippen molar-refractivity contribution in [3.05, 3.63) is 59.7 Å². The quantitative estimate of drug-likeness (QED) is 0.536. The van der Waals surface area contributed by atoms with Gasteiger partial charge in [-0.3, -0.25) is 4.79 Å². The molecule has 2 aromatic rings. The number of nitrogens with one attached hydrogen (secondary N) is 1. The van der Waals surface area contributed by atoms with Crippen LogP contribution in [0.1, 0.15) is 20.7 Å². The topological polar surface area (TPSA) is 55.4 Å². The van der Waals surface area contributed by atoms with Gasteiger partial charge in [0.05, 0.1) is 5.56 Å². The van der Waals surface area contributed by atoms with Gasteiger partial charge in [-0.1, -0.05) is 6.07 Å². The summed E-state index contributed by atoms with van der Waals surface area (Å²) in [6.45, 7) is 0. The fraction of sp³-hybridized carbons (Fsp3) is 0.125. The van der Waals surface area contributed by atoms with E-state index in [9.17, 15) is 9.59 Å². The zero-order valence-corrected chi connectivity index (χ0v) is 12.6. The van der Waals surface area contributed by atoms with Gasteiger partial charge >= 0.3 is 5.97 Å². The monoisotopic (exact) mass is 301 g/mol. The van der Waals surface area contributed by atoms with Crippen molar-refractivity contribution in [1.29, 1.82) is 0 Å². The van der Waals surface area contributed by atoms with E-state index in [1.165, 1.54) is 6.07 Å². The molecule has 0 aliphatic rings. The van der Waals surface area contributed by atoms with Gasteiger partial charge in [-0.2, -0.15) is 0 Å². The highest BCUT2D eigenvalue weighted by Crippen LogP contribution is 2.18. The summed E-state index contributed by atoms with van der Waals surface area (Å²) in [5.41, 5.74) is 0.915. The molecular weight excluding hydrogens is 286 g/mol. The van der Waals surface area contributed by atoms with Gasteiger partial charge in [0.2, 0.25) is 0 Å². The van der Waals surface area contributed by atoms with Crippen molar-refractivity contribution in [1.82, 2.24) is 5.32 Å².